The van der Waals surface area contributed by atoms with Crippen molar-refractivity contribution in [1.82, 2.24) is 0 Å². The normalized spacial score (nSPS) is 11.8. The van der Waals surface area contributed by atoms with Gasteiger partial charge in [0.25, 0.3) is 0 Å². The molecule has 0 aliphatic rings. The van der Waals surface area contributed by atoms with Gasteiger partial charge in [0.15, 0.2) is 0 Å². The lowest BCUT2D eigenvalue weighted by Gasteiger charge is -2.29. The van der Waals surface area contributed by atoms with Crippen molar-refractivity contribution in [3.05, 3.63) is 0 Å². The molecule has 0 aromatic rings. The van der Waals surface area contributed by atoms with Crippen molar-refractivity contribution >= 4 is 24.2 Å². The lowest BCUT2D eigenvalue weighted by Crippen LogP contribution is -2.54. The summed E-state index contributed by atoms with van der Waals surface area (Å²) in [5, 5.41) is 0. The molecule has 6 nitrogen and oxygen atoms in total. The quantitative estimate of drug-likeness (QED) is 0.457. The van der Waals surface area contributed by atoms with Crippen molar-refractivity contribution in [2.75, 3.05) is 33.0 Å². The Kier molecular flexibility index (Phi) is 13.5. The van der Waals surface area contributed by atoms with Crippen molar-refractivity contribution in [2.45, 2.75) is 47.5 Å². The Balaban J connectivity index is 4.71. The molecule has 8 heteroatoms. The van der Waals surface area contributed by atoms with Crippen LogP contribution in [-0.2, 0) is 24.3 Å². The minimum absolute atomic E-state index is 0.467. The molecular weight excluding hydrogens is 295 g/mol. The number of hydrogen-bond donors (Lipinski definition) is 0. The summed E-state index contributed by atoms with van der Waals surface area (Å²) < 4.78 is 34.2. The molecule has 0 radical (unpaired) electrons. The van der Waals surface area contributed by atoms with E-state index in [4.69, 9.17) is 24.3 Å². The van der Waals surface area contributed by atoms with Crippen molar-refractivity contribution in [2.24, 2.45) is 0 Å². The van der Waals surface area contributed by atoms with Crippen LogP contribution in [0.15, 0.2) is 0 Å². The Hall–Kier alpha value is 0.509. The van der Waals surface area contributed by atoms with Crippen LogP contribution in [0.1, 0.15) is 47.5 Å². The molecule has 0 bridgehead atoms. The summed E-state index contributed by atoms with van der Waals surface area (Å²) >= 11 is -2.30. The zero-order valence-corrected chi connectivity index (χ0v) is 15.6. The van der Waals surface area contributed by atoms with Gasteiger partial charge in [0, 0.05) is 33.0 Å². The summed E-state index contributed by atoms with van der Waals surface area (Å²) in [6, 6.07) is 0. The molecule has 0 aliphatic carbocycles. The number of hydrogen-bond acceptors (Lipinski definition) is 6. The molecule has 20 heavy (non-hydrogen) atoms. The molecule has 0 fully saturated rings. The van der Waals surface area contributed by atoms with E-state index in [2.05, 4.69) is 0 Å². The van der Waals surface area contributed by atoms with Crippen molar-refractivity contribution in [1.29, 1.82) is 0 Å². The molecule has 0 saturated carbocycles. The minimum Gasteiger partial charge on any atom is -0.455 e. The highest BCUT2D eigenvalue weighted by Gasteiger charge is 2.51. The molecule has 0 N–H and O–H groups in total. The molecule has 0 atom stereocenters. The van der Waals surface area contributed by atoms with Gasteiger partial charge in [-0.05, 0) is 33.6 Å². The maximum Gasteiger partial charge on any atom is 0.899 e. The van der Waals surface area contributed by atoms with E-state index in [1.165, 1.54) is 0 Å². The molecule has 0 saturated heterocycles. The minimum atomic E-state index is -3.15. The van der Waals surface area contributed by atoms with Crippen LogP contribution in [0, 0.1) is 0 Å². The first-order valence-electron chi connectivity index (χ1n) is 7.50. The molecular formula is C12H29AlO6Si. The van der Waals surface area contributed by atoms with E-state index in [0.717, 1.165) is 12.8 Å². The fourth-order valence-electron chi connectivity index (χ4n) is 1.42. The first-order valence-corrected chi connectivity index (χ1v) is 10.5. The van der Waals surface area contributed by atoms with Gasteiger partial charge in [-0.25, -0.2) is 0 Å². The molecule has 120 valence electrons. The Morgan fingerprint density at radius 1 is 0.700 bits per heavy atom. The average Bonchev–Trinajstić information content (AvgIpc) is 2.42. The van der Waals surface area contributed by atoms with Crippen LogP contribution in [0.2, 0.25) is 0 Å². The van der Waals surface area contributed by atoms with Crippen molar-refractivity contribution < 1.29 is 24.3 Å². The van der Waals surface area contributed by atoms with Crippen LogP contribution in [0.4, 0.5) is 0 Å². The molecule has 0 amide bonds. The van der Waals surface area contributed by atoms with Crippen LogP contribution < -0.4 is 0 Å². The van der Waals surface area contributed by atoms with Crippen LogP contribution in [-0.4, -0.2) is 57.2 Å². The predicted octanol–water partition coefficient (Wildman–Crippen LogP) is 2.39. The second kappa shape index (κ2) is 13.2. The fourth-order valence-corrected chi connectivity index (χ4v) is 5.99. The first-order chi connectivity index (χ1) is 9.67. The molecule has 0 rings (SSSR count). The molecule has 0 aromatic heterocycles. The molecule has 0 aliphatic heterocycles. The molecule has 0 heterocycles. The zero-order chi connectivity index (χ0) is 15.3. The summed E-state index contributed by atoms with van der Waals surface area (Å²) in [7, 11) is -3.15. The van der Waals surface area contributed by atoms with Crippen LogP contribution in [0.25, 0.3) is 0 Å². The SMILES string of the molecule is CCC[O][Al]([O]CCC)[O][Si](OCC)(OCC)OCC. The summed E-state index contributed by atoms with van der Waals surface area (Å²) in [6.07, 6.45) is 1.82. The Labute approximate surface area is 129 Å². The third-order valence-corrected chi connectivity index (χ3v) is 6.99. The summed E-state index contributed by atoms with van der Waals surface area (Å²) in [5.41, 5.74) is 0. The van der Waals surface area contributed by atoms with E-state index in [-0.39, 0.29) is 0 Å². The van der Waals surface area contributed by atoms with Gasteiger partial charge in [0.1, 0.15) is 0 Å². The maximum atomic E-state index is 5.93. The van der Waals surface area contributed by atoms with Gasteiger partial charge in [-0.3, -0.25) is 0 Å². The van der Waals surface area contributed by atoms with Gasteiger partial charge in [-0.2, -0.15) is 0 Å². The van der Waals surface area contributed by atoms with Gasteiger partial charge >= 0.3 is 24.2 Å². The summed E-state index contributed by atoms with van der Waals surface area (Å²) in [5.74, 6) is 0. The van der Waals surface area contributed by atoms with E-state index in [0.29, 0.717) is 33.0 Å². The van der Waals surface area contributed by atoms with Gasteiger partial charge in [-0.15, -0.1) is 0 Å². The first kappa shape index (κ1) is 20.5. The maximum absolute atomic E-state index is 5.93. The molecule has 0 unspecified atom stereocenters. The average molecular weight is 324 g/mol. The largest absolute Gasteiger partial charge is 0.899 e. The highest BCUT2D eigenvalue weighted by atomic mass is 28.4. The van der Waals surface area contributed by atoms with Crippen LogP contribution in [0.3, 0.4) is 0 Å². The van der Waals surface area contributed by atoms with Gasteiger partial charge in [-0.1, -0.05) is 13.8 Å². The van der Waals surface area contributed by atoms with E-state index < -0.39 is 24.2 Å². The van der Waals surface area contributed by atoms with E-state index in [1.807, 2.05) is 34.6 Å². The Bertz CT molecular complexity index is 197. The van der Waals surface area contributed by atoms with Crippen LogP contribution >= 0.6 is 0 Å². The second-order valence-corrected chi connectivity index (χ2v) is 8.00. The second-order valence-electron chi connectivity index (χ2n) is 3.95. The third-order valence-electron chi connectivity index (χ3n) is 2.12. The zero-order valence-electron chi connectivity index (χ0n) is 13.5. The third kappa shape index (κ3) is 8.72. The van der Waals surface area contributed by atoms with Gasteiger partial charge < -0.3 is 24.3 Å². The van der Waals surface area contributed by atoms with Gasteiger partial charge in [0.2, 0.25) is 0 Å². The summed E-state index contributed by atoms with van der Waals surface area (Å²) in [6.45, 7) is 12.4. The highest BCUT2D eigenvalue weighted by Crippen LogP contribution is 2.15. The number of rotatable bonds is 14. The molecule has 0 aromatic carbocycles. The Morgan fingerprint density at radius 2 is 1.10 bits per heavy atom. The standard InChI is InChI=1S/C6H15O4Si.2C3H7O.Al/c1-4-8-11(7,9-5-2)10-6-3;2*1-2-3-4;/h4-6H2,1-3H3;2*2-3H2,1H3;/q3*-1;+3. The van der Waals surface area contributed by atoms with E-state index in [9.17, 15) is 0 Å². The predicted molar refractivity (Wildman–Crippen MR) is 80.0 cm³/mol. The van der Waals surface area contributed by atoms with E-state index in [1.54, 1.807) is 0 Å². The lowest BCUT2D eigenvalue weighted by molar-refractivity contribution is -0.0136. The van der Waals surface area contributed by atoms with Gasteiger partial charge in [0.05, 0.1) is 0 Å². The fraction of sp³-hybridized carbons (Fsp3) is 1.00. The van der Waals surface area contributed by atoms with Crippen molar-refractivity contribution in [3.8, 4) is 0 Å². The summed E-state index contributed by atoms with van der Waals surface area (Å²) in [4.78, 5) is 0. The monoisotopic (exact) mass is 324 g/mol. The topological polar surface area (TPSA) is 55.4 Å². The lowest BCUT2D eigenvalue weighted by atomic mass is 10.5. The van der Waals surface area contributed by atoms with E-state index >= 15 is 0 Å². The Morgan fingerprint density at radius 3 is 1.40 bits per heavy atom. The highest BCUT2D eigenvalue weighted by molar-refractivity contribution is 6.62. The van der Waals surface area contributed by atoms with Crippen molar-refractivity contribution in [3.63, 3.8) is 0 Å². The smallest absolute Gasteiger partial charge is 0.455 e. The van der Waals surface area contributed by atoms with Crippen LogP contribution in [0.5, 0.6) is 0 Å². The molecule has 0 spiro atoms.